The quantitative estimate of drug-likeness (QED) is 0.0958. The van der Waals surface area contributed by atoms with Crippen molar-refractivity contribution in [3.63, 3.8) is 0 Å². The number of carbonyl (C=O) groups excluding carboxylic acids is 3. The number of likely N-dealkylation sites (tertiary alicyclic amines) is 3. The van der Waals surface area contributed by atoms with Gasteiger partial charge in [-0.1, -0.05) is 53.5 Å². The van der Waals surface area contributed by atoms with Gasteiger partial charge >= 0.3 is 17.9 Å². The maximum Gasteiger partial charge on any atom is 0.307 e. The van der Waals surface area contributed by atoms with E-state index in [0.717, 1.165) is 111 Å². The normalized spacial score (nSPS) is 18.3. The van der Waals surface area contributed by atoms with E-state index in [-0.39, 0.29) is 69.4 Å². The fourth-order valence-electron chi connectivity index (χ4n) is 11.7. The van der Waals surface area contributed by atoms with Gasteiger partial charge in [0.05, 0.1) is 54.0 Å². The molecule has 3 saturated heterocycles. The Morgan fingerprint density at radius 2 is 0.988 bits per heavy atom. The monoisotopic (exact) mass is 1270 g/mol. The molecule has 0 aliphatic carbocycles. The number of thioether (sulfide) groups is 2. The summed E-state index contributed by atoms with van der Waals surface area (Å²) in [5, 5.41) is 19.3. The molecule has 6 aliphatic rings. The molecule has 0 amide bonds. The first-order valence-corrected chi connectivity index (χ1v) is 30.9. The number of nitrogens with zero attached hydrogens (tertiary/aromatic N) is 3. The Hall–Kier alpha value is -4.60. The number of hydrogen-bond acceptors (Lipinski definition) is 15. The van der Waals surface area contributed by atoms with Crippen molar-refractivity contribution in [3.8, 4) is 23.0 Å². The molecule has 22 heteroatoms. The molecule has 2 N–H and O–H groups in total. The van der Waals surface area contributed by atoms with Gasteiger partial charge in [0, 0.05) is 75.7 Å². The number of fused-ring (bicyclic) bond motifs is 6. The van der Waals surface area contributed by atoms with E-state index in [9.17, 15) is 33.1 Å². The highest BCUT2D eigenvalue weighted by atomic mass is 35.5. The summed E-state index contributed by atoms with van der Waals surface area (Å²) in [5.41, 5.74) is 1.78. The largest absolute Gasteiger partial charge is 0.505 e. The van der Waals surface area contributed by atoms with Gasteiger partial charge in [-0.15, -0.1) is 24.2 Å². The summed E-state index contributed by atoms with van der Waals surface area (Å²) in [5.74, 6) is -1.66. The van der Waals surface area contributed by atoms with Gasteiger partial charge in [0.1, 0.15) is 11.2 Å². The van der Waals surface area contributed by atoms with E-state index in [1.807, 2.05) is 59.7 Å². The predicted octanol–water partition coefficient (Wildman–Crippen LogP) is 13.0. The van der Waals surface area contributed by atoms with Crippen LogP contribution < -0.4 is 14.2 Å². The molecule has 3 spiro atoms. The number of piperidine rings is 3. The van der Waals surface area contributed by atoms with Crippen molar-refractivity contribution in [3.05, 3.63) is 104 Å². The highest BCUT2D eigenvalue weighted by molar-refractivity contribution is 8.13. The zero-order valence-corrected chi connectivity index (χ0v) is 52.7. The van der Waals surface area contributed by atoms with Crippen molar-refractivity contribution < 1.29 is 66.2 Å². The average molecular weight is 1270 g/mol. The van der Waals surface area contributed by atoms with Gasteiger partial charge in [0.25, 0.3) is 0 Å². The molecule has 6 aliphatic heterocycles. The van der Waals surface area contributed by atoms with Crippen LogP contribution in [0.1, 0.15) is 129 Å². The van der Waals surface area contributed by atoms with E-state index in [0.29, 0.717) is 90.1 Å². The SMILES string of the molecule is CC(=O)Sc1ccc2c(c1F)OCC21CCN(CCC(=O)OC(C)(C)C)CC1.CC(C)(C)OC(=O)CCN1CCC2(CC1)COc1c2ccc(O)c1F.Cl.O=C(O)CCN1CCC2(CC1)COc1c2ccc(CSc2c(Cl)cccc2Cl)c1F. The number of rotatable bonds is 13. The Bertz CT molecular complexity index is 3010. The third kappa shape index (κ3) is 16.3. The van der Waals surface area contributed by atoms with Gasteiger partial charge in [-0.3, -0.25) is 19.2 Å². The summed E-state index contributed by atoms with van der Waals surface area (Å²) in [7, 11) is 0. The summed E-state index contributed by atoms with van der Waals surface area (Å²) in [6, 6.07) is 15.9. The number of phenols is 1. The lowest BCUT2D eigenvalue weighted by atomic mass is 9.74. The molecule has 4 aromatic rings. The lowest BCUT2D eigenvalue weighted by Gasteiger charge is -2.38. The zero-order valence-electron chi connectivity index (χ0n) is 48.8. The van der Waals surface area contributed by atoms with Gasteiger partial charge in [-0.25, -0.2) is 8.78 Å². The predicted molar refractivity (Wildman–Crippen MR) is 322 cm³/mol. The molecule has 0 radical (unpaired) electrons. The molecule has 0 aromatic heterocycles. The number of carboxylic acid groups (broad SMARTS) is 1. The molecule has 4 aromatic carbocycles. The molecule has 6 heterocycles. The topological polar surface area (TPSA) is 165 Å². The lowest BCUT2D eigenvalue weighted by molar-refractivity contribution is -0.156. The summed E-state index contributed by atoms with van der Waals surface area (Å²) in [4.78, 5) is 53.6. The highest BCUT2D eigenvalue weighted by Crippen LogP contribution is 2.51. The van der Waals surface area contributed by atoms with Crippen LogP contribution in [0.15, 0.2) is 64.4 Å². The Morgan fingerprint density at radius 1 is 0.595 bits per heavy atom. The van der Waals surface area contributed by atoms with Crippen LogP contribution in [0.5, 0.6) is 23.0 Å². The number of ether oxygens (including phenoxy) is 5. The van der Waals surface area contributed by atoms with Gasteiger partial charge < -0.3 is 48.6 Å². The molecule has 0 unspecified atom stereocenters. The second-order valence-electron chi connectivity index (χ2n) is 24.4. The van der Waals surface area contributed by atoms with Crippen LogP contribution in [0.25, 0.3) is 0 Å². The number of benzene rings is 4. The smallest absolute Gasteiger partial charge is 0.307 e. The first kappa shape index (κ1) is 66.9. The molecule has 460 valence electrons. The van der Waals surface area contributed by atoms with Gasteiger partial charge in [0.15, 0.2) is 39.7 Å². The van der Waals surface area contributed by atoms with Crippen LogP contribution >= 0.6 is 59.1 Å². The van der Waals surface area contributed by atoms with E-state index < -0.39 is 28.8 Å². The second kappa shape index (κ2) is 28.0. The fourth-order valence-corrected chi connectivity index (χ4v) is 14.0. The van der Waals surface area contributed by atoms with Crippen molar-refractivity contribution in [2.45, 2.75) is 149 Å². The number of aliphatic carboxylic acids is 1. The molecule has 10 rings (SSSR count). The zero-order chi connectivity index (χ0) is 60.1. The Labute approximate surface area is 515 Å². The minimum Gasteiger partial charge on any atom is -0.505 e. The number of hydrogen-bond donors (Lipinski definition) is 2. The second-order valence-corrected chi connectivity index (χ2v) is 27.4. The van der Waals surface area contributed by atoms with E-state index >= 15 is 4.39 Å². The molecule has 0 bridgehead atoms. The number of esters is 2. The Kier molecular flexibility index (Phi) is 22.3. The standard InChI is InChI=1S/C22H22Cl2FNO3S.C21H28FNO4S.C19H26FNO4.ClH/c23-16-2-1-3-17(24)21(16)30-12-14-4-5-15-20(19(14)25)29-13-22(15)7-10-26(11-8-22)9-6-18(27)28;1-14(24)28-16-6-5-15-19(18(16)22)26-13-21(15)8-11-23(12-9-21)10-7-17(25)27-20(2,3)4;1-18(2,3)25-15(23)6-9-21-10-7-19(8-11-21)12-24-17-13(19)4-5-14(22)16(17)20;/h1-5H,6-13H2,(H,27,28);5-6H,7-13H2,1-4H3;4-5,22H,6-12H2,1-3H3;1H. The van der Waals surface area contributed by atoms with Crippen molar-refractivity contribution in [2.24, 2.45) is 0 Å². The maximum atomic E-state index is 15.2. The van der Waals surface area contributed by atoms with Crippen molar-refractivity contribution >= 4 is 82.2 Å². The summed E-state index contributed by atoms with van der Waals surface area (Å²) in [6.07, 6.45) is 5.96. The van der Waals surface area contributed by atoms with Crippen LogP contribution in [0.4, 0.5) is 13.2 Å². The summed E-state index contributed by atoms with van der Waals surface area (Å²) < 4.78 is 71.8. The molecule has 0 atom stereocenters. The van der Waals surface area contributed by atoms with E-state index in [1.165, 1.54) is 24.8 Å². The fraction of sp³-hybridized carbons (Fsp3) is 0.548. The third-order valence-corrected chi connectivity index (χ3v) is 19.1. The number of aromatic hydroxyl groups is 1. The van der Waals surface area contributed by atoms with Crippen molar-refractivity contribution in [2.75, 3.05) is 78.7 Å². The minimum atomic E-state index is -0.782. The first-order chi connectivity index (χ1) is 39.2. The molecule has 14 nitrogen and oxygen atoms in total. The Balaban J connectivity index is 0.000000181. The Morgan fingerprint density at radius 3 is 1.40 bits per heavy atom. The molecule has 3 fully saturated rings. The number of phenolic OH excluding ortho intramolecular Hbond substituents is 1. The summed E-state index contributed by atoms with van der Waals surface area (Å²) in [6.45, 7) is 20.8. The maximum absolute atomic E-state index is 15.2. The third-order valence-electron chi connectivity index (χ3n) is 16.2. The van der Waals surface area contributed by atoms with Gasteiger partial charge in [-0.05, 0) is 155 Å². The van der Waals surface area contributed by atoms with E-state index in [4.69, 9.17) is 52.0 Å². The molecule has 0 saturated carbocycles. The molecular formula is C62H77Cl3F3N3O11S2. The van der Waals surface area contributed by atoms with Gasteiger partial charge in [0.2, 0.25) is 5.82 Å². The first-order valence-electron chi connectivity index (χ1n) is 28.3. The van der Waals surface area contributed by atoms with Crippen LogP contribution in [-0.4, -0.2) is 138 Å². The van der Waals surface area contributed by atoms with Crippen molar-refractivity contribution in [1.82, 2.24) is 14.7 Å². The van der Waals surface area contributed by atoms with Crippen LogP contribution in [0.2, 0.25) is 10.0 Å². The van der Waals surface area contributed by atoms with Crippen LogP contribution in [0, 0.1) is 17.5 Å². The minimum absolute atomic E-state index is 0. The molecule has 84 heavy (non-hydrogen) atoms. The average Bonchev–Trinajstić information content (AvgIpc) is 1.80. The lowest BCUT2D eigenvalue weighted by Crippen LogP contribution is -2.44. The van der Waals surface area contributed by atoms with Crippen molar-refractivity contribution in [1.29, 1.82) is 0 Å². The van der Waals surface area contributed by atoms with E-state index in [2.05, 4.69) is 14.7 Å². The van der Waals surface area contributed by atoms with Crippen LogP contribution in [0.3, 0.4) is 0 Å². The van der Waals surface area contributed by atoms with Crippen LogP contribution in [-0.2, 0) is 50.6 Å². The van der Waals surface area contributed by atoms with Gasteiger partial charge in [-0.2, -0.15) is 4.39 Å². The summed E-state index contributed by atoms with van der Waals surface area (Å²) >= 11 is 14.7. The number of halogens is 6. The number of carbonyl (C=O) groups is 4. The van der Waals surface area contributed by atoms with E-state index in [1.54, 1.807) is 30.3 Å². The highest BCUT2D eigenvalue weighted by Gasteiger charge is 2.47. The molecular weight excluding hydrogens is 1190 g/mol. The number of carboxylic acids is 1.